The number of aromatic nitrogens is 2. The SMILES string of the molecule is CC1CCN(S(=O)(=O)c2ccc(C(=O)CNc3nnc(SCc4ccccc4)s3)cc2)CC1. The summed E-state index contributed by atoms with van der Waals surface area (Å²) in [5.41, 5.74) is 1.67. The van der Waals surface area contributed by atoms with Crippen LogP contribution in [0.25, 0.3) is 0 Å². The average Bonchev–Trinajstić information content (AvgIpc) is 3.30. The van der Waals surface area contributed by atoms with E-state index < -0.39 is 10.0 Å². The standard InChI is InChI=1S/C23H26N4O3S3/c1-17-11-13-27(14-12-17)33(29,30)20-9-7-19(8-10-20)21(28)15-24-22-25-26-23(32-22)31-16-18-5-3-2-4-6-18/h2-10,17H,11-16H2,1H3,(H,24,25). The zero-order valence-electron chi connectivity index (χ0n) is 18.3. The molecule has 0 bridgehead atoms. The molecule has 33 heavy (non-hydrogen) atoms. The number of thioether (sulfide) groups is 1. The fourth-order valence-electron chi connectivity index (χ4n) is 3.50. The van der Waals surface area contributed by atoms with E-state index in [1.807, 2.05) is 18.2 Å². The Morgan fingerprint density at radius 2 is 1.79 bits per heavy atom. The Morgan fingerprint density at radius 3 is 2.48 bits per heavy atom. The van der Waals surface area contributed by atoms with Crippen LogP contribution in [0, 0.1) is 5.92 Å². The van der Waals surface area contributed by atoms with Gasteiger partial charge in [0.05, 0.1) is 11.4 Å². The Labute approximate surface area is 202 Å². The summed E-state index contributed by atoms with van der Waals surface area (Å²) in [6.07, 6.45) is 1.75. The largest absolute Gasteiger partial charge is 0.353 e. The van der Waals surface area contributed by atoms with Crippen LogP contribution in [-0.2, 0) is 15.8 Å². The molecule has 3 aromatic rings. The van der Waals surface area contributed by atoms with Gasteiger partial charge in [-0.1, -0.05) is 60.4 Å². The molecule has 1 aromatic heterocycles. The quantitative estimate of drug-likeness (QED) is 0.339. The highest BCUT2D eigenvalue weighted by Gasteiger charge is 2.28. The fourth-order valence-corrected chi connectivity index (χ4v) is 6.68. The summed E-state index contributed by atoms with van der Waals surface area (Å²) < 4.78 is 28.1. The van der Waals surface area contributed by atoms with Crippen molar-refractivity contribution < 1.29 is 13.2 Å². The summed E-state index contributed by atoms with van der Waals surface area (Å²) in [6.45, 7) is 3.29. The van der Waals surface area contributed by atoms with Crippen LogP contribution in [0.1, 0.15) is 35.7 Å². The topological polar surface area (TPSA) is 92.3 Å². The Hall–Kier alpha value is -2.27. The van der Waals surface area contributed by atoms with E-state index >= 15 is 0 Å². The summed E-state index contributed by atoms with van der Waals surface area (Å²) in [5, 5.41) is 11.9. The molecular weight excluding hydrogens is 476 g/mol. The lowest BCUT2D eigenvalue weighted by Crippen LogP contribution is -2.37. The first-order valence-electron chi connectivity index (χ1n) is 10.8. The molecule has 7 nitrogen and oxygen atoms in total. The summed E-state index contributed by atoms with van der Waals surface area (Å²) in [5.74, 6) is 1.22. The van der Waals surface area contributed by atoms with Gasteiger partial charge in [-0.15, -0.1) is 10.2 Å². The normalized spacial score (nSPS) is 15.4. The molecule has 0 amide bonds. The van der Waals surface area contributed by atoms with Gasteiger partial charge in [0.2, 0.25) is 15.2 Å². The molecule has 1 aliphatic rings. The lowest BCUT2D eigenvalue weighted by molar-refractivity contribution is 0.101. The number of benzene rings is 2. The summed E-state index contributed by atoms with van der Waals surface area (Å²) in [7, 11) is -3.52. The Bertz CT molecular complexity index is 1170. The number of nitrogens with one attached hydrogen (secondary N) is 1. The van der Waals surface area contributed by atoms with E-state index in [-0.39, 0.29) is 17.2 Å². The molecule has 2 heterocycles. The van der Waals surface area contributed by atoms with Gasteiger partial charge in [0, 0.05) is 24.4 Å². The Kier molecular flexibility index (Phi) is 7.79. The molecule has 0 radical (unpaired) electrons. The molecule has 0 aliphatic carbocycles. The minimum Gasteiger partial charge on any atom is -0.353 e. The number of sulfonamides is 1. The smallest absolute Gasteiger partial charge is 0.243 e. The maximum absolute atomic E-state index is 12.8. The number of anilines is 1. The molecule has 1 saturated heterocycles. The number of Topliss-reactive ketones (excluding diaryl/α,β-unsaturated/α-hetero) is 1. The number of rotatable bonds is 9. The number of ketones is 1. The number of hydrogen-bond acceptors (Lipinski definition) is 8. The molecule has 0 saturated carbocycles. The van der Waals surface area contributed by atoms with E-state index in [1.165, 1.54) is 33.3 Å². The Morgan fingerprint density at radius 1 is 1.09 bits per heavy atom. The van der Waals surface area contributed by atoms with Crippen molar-refractivity contribution in [3.8, 4) is 0 Å². The van der Waals surface area contributed by atoms with Crippen LogP contribution in [0.5, 0.6) is 0 Å². The first-order valence-corrected chi connectivity index (χ1v) is 14.0. The minimum absolute atomic E-state index is 0.0636. The second kappa shape index (κ2) is 10.8. The monoisotopic (exact) mass is 502 g/mol. The van der Waals surface area contributed by atoms with Crippen LogP contribution in [0.15, 0.2) is 63.8 Å². The van der Waals surface area contributed by atoms with Crippen molar-refractivity contribution in [2.45, 2.75) is 34.8 Å². The molecule has 1 fully saturated rings. The molecule has 174 valence electrons. The van der Waals surface area contributed by atoms with E-state index in [0.29, 0.717) is 29.7 Å². The molecule has 1 aliphatic heterocycles. The molecule has 0 unspecified atom stereocenters. The van der Waals surface area contributed by atoms with Gasteiger partial charge in [0.25, 0.3) is 0 Å². The Balaban J connectivity index is 1.30. The third-order valence-corrected chi connectivity index (χ3v) is 9.57. The summed E-state index contributed by atoms with van der Waals surface area (Å²) in [6, 6.07) is 16.3. The van der Waals surface area contributed by atoms with Crippen LogP contribution in [0.2, 0.25) is 0 Å². The van der Waals surface area contributed by atoms with Crippen molar-refractivity contribution in [2.24, 2.45) is 5.92 Å². The lowest BCUT2D eigenvalue weighted by Gasteiger charge is -2.29. The van der Waals surface area contributed by atoms with Crippen LogP contribution in [0.4, 0.5) is 5.13 Å². The van der Waals surface area contributed by atoms with Gasteiger partial charge in [-0.3, -0.25) is 4.79 Å². The van der Waals surface area contributed by atoms with Crippen LogP contribution >= 0.6 is 23.1 Å². The van der Waals surface area contributed by atoms with Crippen LogP contribution in [-0.4, -0.2) is 48.3 Å². The zero-order valence-corrected chi connectivity index (χ0v) is 20.8. The van der Waals surface area contributed by atoms with Crippen molar-refractivity contribution in [1.29, 1.82) is 0 Å². The van der Waals surface area contributed by atoms with Gasteiger partial charge in [0.1, 0.15) is 0 Å². The maximum Gasteiger partial charge on any atom is 0.243 e. The molecular formula is C23H26N4O3S3. The highest BCUT2D eigenvalue weighted by molar-refractivity contribution is 8.00. The first kappa shape index (κ1) is 23.9. The molecule has 1 N–H and O–H groups in total. The van der Waals surface area contributed by atoms with Crippen molar-refractivity contribution in [3.05, 3.63) is 65.7 Å². The number of hydrogen-bond donors (Lipinski definition) is 1. The van der Waals surface area contributed by atoms with Crippen molar-refractivity contribution in [2.75, 3.05) is 25.0 Å². The van der Waals surface area contributed by atoms with Gasteiger partial charge < -0.3 is 5.32 Å². The molecule has 2 aromatic carbocycles. The molecule has 4 rings (SSSR count). The van der Waals surface area contributed by atoms with E-state index in [1.54, 1.807) is 23.9 Å². The number of carbonyl (C=O) groups excluding carboxylic acids is 1. The zero-order chi connectivity index (χ0) is 23.3. The van der Waals surface area contributed by atoms with Gasteiger partial charge >= 0.3 is 0 Å². The van der Waals surface area contributed by atoms with E-state index in [4.69, 9.17) is 0 Å². The van der Waals surface area contributed by atoms with E-state index in [2.05, 4.69) is 34.6 Å². The number of piperidine rings is 1. The maximum atomic E-state index is 12.8. The fraction of sp³-hybridized carbons (Fsp3) is 0.348. The van der Waals surface area contributed by atoms with Crippen LogP contribution < -0.4 is 5.32 Å². The van der Waals surface area contributed by atoms with E-state index in [9.17, 15) is 13.2 Å². The third-order valence-electron chi connectivity index (χ3n) is 5.57. The minimum atomic E-state index is -3.52. The van der Waals surface area contributed by atoms with Crippen LogP contribution in [0.3, 0.4) is 0 Å². The first-order chi connectivity index (χ1) is 15.9. The highest BCUT2D eigenvalue weighted by atomic mass is 32.2. The molecule has 0 atom stereocenters. The second-order valence-corrected chi connectivity index (χ2v) is 12.2. The van der Waals surface area contributed by atoms with Gasteiger partial charge in [-0.25, -0.2) is 8.42 Å². The molecule has 10 heteroatoms. The number of nitrogens with zero attached hydrogens (tertiary/aromatic N) is 3. The van der Waals surface area contributed by atoms with Gasteiger partial charge in [-0.05, 0) is 48.6 Å². The van der Waals surface area contributed by atoms with Crippen molar-refractivity contribution in [1.82, 2.24) is 14.5 Å². The lowest BCUT2D eigenvalue weighted by atomic mass is 10.0. The molecule has 0 spiro atoms. The summed E-state index contributed by atoms with van der Waals surface area (Å²) in [4.78, 5) is 12.8. The van der Waals surface area contributed by atoms with Crippen molar-refractivity contribution in [3.63, 3.8) is 0 Å². The van der Waals surface area contributed by atoms with Crippen molar-refractivity contribution >= 4 is 44.0 Å². The summed E-state index contributed by atoms with van der Waals surface area (Å²) >= 11 is 3.00. The number of carbonyl (C=O) groups is 1. The second-order valence-electron chi connectivity index (χ2n) is 8.04. The predicted molar refractivity (Wildman–Crippen MR) is 132 cm³/mol. The van der Waals surface area contributed by atoms with Gasteiger partial charge in [0.15, 0.2) is 10.1 Å². The average molecular weight is 503 g/mol. The third kappa shape index (κ3) is 6.20. The highest BCUT2D eigenvalue weighted by Crippen LogP contribution is 2.28. The predicted octanol–water partition coefficient (Wildman–Crippen LogP) is 4.55. The van der Waals surface area contributed by atoms with Gasteiger partial charge in [-0.2, -0.15) is 4.31 Å². The van der Waals surface area contributed by atoms with E-state index in [0.717, 1.165) is 22.9 Å².